The Morgan fingerprint density at radius 2 is 2.00 bits per heavy atom. The lowest BCUT2D eigenvalue weighted by molar-refractivity contribution is 0.464. The predicted molar refractivity (Wildman–Crippen MR) is 73.3 cm³/mol. The van der Waals surface area contributed by atoms with Crippen LogP contribution in [0.5, 0.6) is 11.6 Å². The minimum atomic E-state index is 0.346. The molecule has 0 unspecified atom stereocenters. The van der Waals surface area contributed by atoms with Gasteiger partial charge in [-0.05, 0) is 30.3 Å². The van der Waals surface area contributed by atoms with E-state index in [9.17, 15) is 0 Å². The molecular formula is C13H9ClN4O. The number of fused-ring (bicyclic) bond motifs is 1. The van der Waals surface area contributed by atoms with Crippen LogP contribution < -0.4 is 10.5 Å². The van der Waals surface area contributed by atoms with Gasteiger partial charge in [0.2, 0.25) is 5.88 Å². The maximum atomic E-state index is 5.99. The minimum Gasteiger partial charge on any atom is -0.438 e. The molecule has 0 radical (unpaired) electrons. The zero-order chi connectivity index (χ0) is 13.2. The zero-order valence-corrected chi connectivity index (χ0v) is 10.5. The van der Waals surface area contributed by atoms with Crippen LogP contribution in [-0.2, 0) is 0 Å². The van der Waals surface area contributed by atoms with Crippen LogP contribution in [0, 0.1) is 0 Å². The standard InChI is InChI=1S/C13H9ClN4O/c14-10-2-1-5-16-13(10)19-8-3-4-11-9(6-8)12(15)18-7-17-11/h1-7H,(H2,15,17,18). The van der Waals surface area contributed by atoms with E-state index in [0.717, 1.165) is 10.9 Å². The second kappa shape index (κ2) is 4.70. The molecule has 1 aromatic carbocycles. The third kappa shape index (κ3) is 2.28. The van der Waals surface area contributed by atoms with Crippen molar-refractivity contribution in [2.45, 2.75) is 0 Å². The molecule has 19 heavy (non-hydrogen) atoms. The molecule has 0 aliphatic carbocycles. The number of hydrogen-bond acceptors (Lipinski definition) is 5. The van der Waals surface area contributed by atoms with Gasteiger partial charge in [-0.2, -0.15) is 0 Å². The first-order chi connectivity index (χ1) is 9.24. The van der Waals surface area contributed by atoms with Gasteiger partial charge >= 0.3 is 0 Å². The largest absolute Gasteiger partial charge is 0.438 e. The molecule has 0 amide bonds. The molecule has 94 valence electrons. The third-order valence-corrected chi connectivity index (χ3v) is 2.86. The van der Waals surface area contributed by atoms with Crippen molar-refractivity contribution in [1.82, 2.24) is 15.0 Å². The number of nitrogens with two attached hydrogens (primary N) is 1. The van der Waals surface area contributed by atoms with Gasteiger partial charge in [-0.3, -0.25) is 0 Å². The Morgan fingerprint density at radius 1 is 1.11 bits per heavy atom. The molecule has 0 bridgehead atoms. The van der Waals surface area contributed by atoms with Crippen LogP contribution in [-0.4, -0.2) is 15.0 Å². The van der Waals surface area contributed by atoms with Gasteiger partial charge < -0.3 is 10.5 Å². The van der Waals surface area contributed by atoms with Gasteiger partial charge in [-0.15, -0.1) is 0 Å². The van der Waals surface area contributed by atoms with Crippen molar-refractivity contribution in [3.63, 3.8) is 0 Å². The Bertz CT molecular complexity index is 748. The number of hydrogen-bond donors (Lipinski definition) is 1. The number of rotatable bonds is 2. The van der Waals surface area contributed by atoms with E-state index in [4.69, 9.17) is 22.1 Å². The minimum absolute atomic E-state index is 0.346. The first-order valence-electron chi connectivity index (χ1n) is 5.52. The Morgan fingerprint density at radius 3 is 2.84 bits per heavy atom. The third-order valence-electron chi connectivity index (χ3n) is 2.58. The molecule has 2 aromatic heterocycles. The van der Waals surface area contributed by atoms with Crippen molar-refractivity contribution in [3.05, 3.63) is 47.9 Å². The van der Waals surface area contributed by atoms with Crippen LogP contribution in [0.3, 0.4) is 0 Å². The number of aromatic nitrogens is 3. The van der Waals surface area contributed by atoms with Gasteiger partial charge in [0.25, 0.3) is 0 Å². The Hall–Kier alpha value is -2.40. The van der Waals surface area contributed by atoms with Crippen molar-refractivity contribution >= 4 is 28.3 Å². The quantitative estimate of drug-likeness (QED) is 0.776. The fourth-order valence-corrected chi connectivity index (χ4v) is 1.84. The molecule has 0 aliphatic rings. The summed E-state index contributed by atoms with van der Waals surface area (Å²) in [5.41, 5.74) is 6.56. The van der Waals surface area contributed by atoms with Gasteiger partial charge in [-0.25, -0.2) is 15.0 Å². The zero-order valence-electron chi connectivity index (χ0n) is 9.75. The highest BCUT2D eigenvalue weighted by atomic mass is 35.5. The van der Waals surface area contributed by atoms with E-state index in [2.05, 4.69) is 15.0 Å². The first-order valence-corrected chi connectivity index (χ1v) is 5.90. The van der Waals surface area contributed by atoms with Crippen molar-refractivity contribution in [2.75, 3.05) is 5.73 Å². The molecule has 5 nitrogen and oxygen atoms in total. The number of nitrogen functional groups attached to an aromatic ring is 1. The number of ether oxygens (including phenoxy) is 1. The fourth-order valence-electron chi connectivity index (χ4n) is 1.68. The van der Waals surface area contributed by atoms with Gasteiger partial charge in [0.15, 0.2) is 0 Å². The van der Waals surface area contributed by atoms with E-state index < -0.39 is 0 Å². The Balaban J connectivity index is 2.02. The van der Waals surface area contributed by atoms with Crippen LogP contribution in [0.15, 0.2) is 42.9 Å². The summed E-state index contributed by atoms with van der Waals surface area (Å²) in [7, 11) is 0. The number of halogens is 1. The molecule has 6 heteroatoms. The molecule has 3 aromatic rings. The number of pyridine rings is 1. The van der Waals surface area contributed by atoms with E-state index in [1.807, 2.05) is 0 Å². The molecule has 0 atom stereocenters. The molecule has 2 heterocycles. The molecule has 0 saturated heterocycles. The first kappa shape index (κ1) is 11.7. The summed E-state index contributed by atoms with van der Waals surface area (Å²) in [5.74, 6) is 1.33. The highest BCUT2D eigenvalue weighted by Crippen LogP contribution is 2.29. The lowest BCUT2D eigenvalue weighted by Crippen LogP contribution is -1.94. The van der Waals surface area contributed by atoms with E-state index in [0.29, 0.717) is 22.5 Å². The SMILES string of the molecule is Nc1ncnc2ccc(Oc3ncccc3Cl)cc12. The second-order valence-corrected chi connectivity index (χ2v) is 4.24. The Kier molecular flexibility index (Phi) is 2.89. The molecule has 2 N–H and O–H groups in total. The smallest absolute Gasteiger partial charge is 0.238 e. The molecule has 0 fully saturated rings. The van der Waals surface area contributed by atoms with Crippen LogP contribution in [0.1, 0.15) is 0 Å². The molecule has 0 aliphatic heterocycles. The van der Waals surface area contributed by atoms with Crippen LogP contribution in [0.4, 0.5) is 5.82 Å². The van der Waals surface area contributed by atoms with Crippen molar-refractivity contribution in [2.24, 2.45) is 0 Å². The van der Waals surface area contributed by atoms with E-state index in [-0.39, 0.29) is 0 Å². The summed E-state index contributed by atoms with van der Waals surface area (Å²) in [6.45, 7) is 0. The summed E-state index contributed by atoms with van der Waals surface area (Å²) in [5, 5.41) is 1.17. The fraction of sp³-hybridized carbons (Fsp3) is 0. The summed E-state index contributed by atoms with van der Waals surface area (Å²) in [6, 6.07) is 8.79. The Labute approximate surface area is 114 Å². The van der Waals surface area contributed by atoms with Gasteiger partial charge in [0, 0.05) is 11.6 Å². The van der Waals surface area contributed by atoms with Crippen molar-refractivity contribution in [1.29, 1.82) is 0 Å². The average molecular weight is 273 g/mol. The topological polar surface area (TPSA) is 73.9 Å². The maximum absolute atomic E-state index is 5.99. The van der Waals surface area contributed by atoms with E-state index >= 15 is 0 Å². The van der Waals surface area contributed by atoms with E-state index in [1.165, 1.54) is 6.33 Å². The lowest BCUT2D eigenvalue weighted by atomic mass is 10.2. The van der Waals surface area contributed by atoms with Gasteiger partial charge in [0.05, 0.1) is 5.52 Å². The van der Waals surface area contributed by atoms with Crippen LogP contribution in [0.25, 0.3) is 10.9 Å². The average Bonchev–Trinajstić information content (AvgIpc) is 2.42. The highest BCUT2D eigenvalue weighted by molar-refractivity contribution is 6.31. The number of benzene rings is 1. The molecular weight excluding hydrogens is 264 g/mol. The number of anilines is 1. The summed E-state index contributed by atoms with van der Waals surface area (Å²) in [6.07, 6.45) is 3.04. The monoisotopic (exact) mass is 272 g/mol. The second-order valence-electron chi connectivity index (χ2n) is 3.83. The molecule has 0 spiro atoms. The maximum Gasteiger partial charge on any atom is 0.238 e. The summed E-state index contributed by atoms with van der Waals surface area (Å²) in [4.78, 5) is 12.1. The normalized spacial score (nSPS) is 10.6. The van der Waals surface area contributed by atoms with E-state index in [1.54, 1.807) is 36.5 Å². The van der Waals surface area contributed by atoms with Gasteiger partial charge in [-0.1, -0.05) is 11.6 Å². The number of nitrogens with zero attached hydrogens (tertiary/aromatic N) is 3. The molecule has 0 saturated carbocycles. The summed E-state index contributed by atoms with van der Waals surface area (Å²) >= 11 is 5.99. The predicted octanol–water partition coefficient (Wildman–Crippen LogP) is 3.05. The molecule has 3 rings (SSSR count). The van der Waals surface area contributed by atoms with Crippen LogP contribution in [0.2, 0.25) is 5.02 Å². The van der Waals surface area contributed by atoms with Crippen LogP contribution >= 0.6 is 11.6 Å². The summed E-state index contributed by atoms with van der Waals surface area (Å²) < 4.78 is 5.62. The van der Waals surface area contributed by atoms with Gasteiger partial charge in [0.1, 0.15) is 22.9 Å². The van der Waals surface area contributed by atoms with Crippen molar-refractivity contribution in [3.8, 4) is 11.6 Å². The highest BCUT2D eigenvalue weighted by Gasteiger charge is 2.06. The van der Waals surface area contributed by atoms with Crippen molar-refractivity contribution < 1.29 is 4.74 Å². The lowest BCUT2D eigenvalue weighted by Gasteiger charge is -2.07.